The highest BCUT2D eigenvalue weighted by atomic mass is 32.2. The van der Waals surface area contributed by atoms with Gasteiger partial charge < -0.3 is 20.1 Å². The van der Waals surface area contributed by atoms with Crippen LogP contribution in [-0.2, 0) is 9.84 Å². The Hall–Kier alpha value is -1.96. The van der Waals surface area contributed by atoms with E-state index in [9.17, 15) is 8.42 Å². The van der Waals surface area contributed by atoms with Gasteiger partial charge in [-0.25, -0.2) is 8.42 Å². The summed E-state index contributed by atoms with van der Waals surface area (Å²) < 4.78 is 34.6. The minimum absolute atomic E-state index is 0.0461. The molecule has 1 atom stereocenters. The van der Waals surface area contributed by atoms with E-state index in [0.717, 1.165) is 0 Å². The molecule has 0 heterocycles. The summed E-state index contributed by atoms with van der Waals surface area (Å²) >= 11 is 0. The third-order valence-corrected chi connectivity index (χ3v) is 6.38. The van der Waals surface area contributed by atoms with Crippen LogP contribution in [0.5, 0.6) is 11.5 Å². The number of aliphatic imine (C=N–C) groups is 1. The molecular formula is C18H31N3O4S. The summed E-state index contributed by atoms with van der Waals surface area (Å²) in [7, 11) is 0.0728. The van der Waals surface area contributed by atoms with E-state index >= 15 is 0 Å². The van der Waals surface area contributed by atoms with Crippen molar-refractivity contribution in [2.45, 2.75) is 38.5 Å². The van der Waals surface area contributed by atoms with Gasteiger partial charge in [0.1, 0.15) is 6.10 Å². The van der Waals surface area contributed by atoms with Gasteiger partial charge in [-0.2, -0.15) is 0 Å². The van der Waals surface area contributed by atoms with Crippen molar-refractivity contribution < 1.29 is 17.9 Å². The summed E-state index contributed by atoms with van der Waals surface area (Å²) in [6, 6.07) is 7.45. The second kappa shape index (κ2) is 9.66. The van der Waals surface area contributed by atoms with Crippen molar-refractivity contribution in [3.63, 3.8) is 0 Å². The Kier molecular flexibility index (Phi) is 8.20. The van der Waals surface area contributed by atoms with E-state index in [-0.39, 0.29) is 11.9 Å². The van der Waals surface area contributed by atoms with Crippen LogP contribution in [0.1, 0.15) is 27.7 Å². The van der Waals surface area contributed by atoms with Gasteiger partial charge in [0.15, 0.2) is 27.3 Å². The largest absolute Gasteiger partial charge is 0.493 e. The van der Waals surface area contributed by atoms with Crippen LogP contribution in [0.3, 0.4) is 0 Å². The highest BCUT2D eigenvalue weighted by Crippen LogP contribution is 2.26. The van der Waals surface area contributed by atoms with E-state index in [4.69, 9.17) is 9.47 Å². The van der Waals surface area contributed by atoms with E-state index in [1.54, 1.807) is 34.9 Å². The molecule has 1 aromatic rings. The molecule has 148 valence electrons. The number of sulfone groups is 1. The zero-order valence-electron chi connectivity index (χ0n) is 16.5. The molecule has 0 saturated heterocycles. The quantitative estimate of drug-likeness (QED) is 0.524. The second-order valence-corrected chi connectivity index (χ2v) is 9.75. The Balaban J connectivity index is 2.47. The highest BCUT2D eigenvalue weighted by molar-refractivity contribution is 7.92. The van der Waals surface area contributed by atoms with Gasteiger partial charge in [0.05, 0.1) is 24.2 Å². The van der Waals surface area contributed by atoms with Gasteiger partial charge in [0.2, 0.25) is 0 Å². The Bertz CT molecular complexity index is 697. The highest BCUT2D eigenvalue weighted by Gasteiger charge is 2.28. The number of hydrogen-bond acceptors (Lipinski definition) is 5. The molecule has 0 aromatic heterocycles. The van der Waals surface area contributed by atoms with Gasteiger partial charge in [-0.3, -0.25) is 4.99 Å². The van der Waals surface area contributed by atoms with Crippen LogP contribution in [0.15, 0.2) is 29.3 Å². The molecule has 0 aliphatic heterocycles. The number of benzene rings is 1. The first kappa shape index (κ1) is 22.1. The molecule has 26 heavy (non-hydrogen) atoms. The zero-order valence-corrected chi connectivity index (χ0v) is 17.3. The van der Waals surface area contributed by atoms with Gasteiger partial charge in [-0.1, -0.05) is 12.1 Å². The van der Waals surface area contributed by atoms with Crippen molar-refractivity contribution in [1.29, 1.82) is 0 Å². The Morgan fingerprint density at radius 3 is 2.35 bits per heavy atom. The summed E-state index contributed by atoms with van der Waals surface area (Å²) in [6.45, 7) is 7.83. The fraction of sp³-hybridized carbons (Fsp3) is 0.611. The molecule has 1 unspecified atom stereocenters. The number of hydrogen-bond donors (Lipinski definition) is 2. The predicted octanol–water partition coefficient (Wildman–Crippen LogP) is 1.84. The number of nitrogens with zero attached hydrogens (tertiary/aromatic N) is 1. The molecule has 2 N–H and O–H groups in total. The summed E-state index contributed by atoms with van der Waals surface area (Å²) in [4.78, 5) is 4.10. The molecule has 0 spiro atoms. The van der Waals surface area contributed by atoms with Crippen LogP contribution in [0.2, 0.25) is 0 Å². The first-order valence-electron chi connectivity index (χ1n) is 8.57. The van der Waals surface area contributed by atoms with Crippen molar-refractivity contribution >= 4 is 15.8 Å². The first-order valence-corrected chi connectivity index (χ1v) is 10.2. The van der Waals surface area contributed by atoms with Crippen LogP contribution in [0.4, 0.5) is 0 Å². The topological polar surface area (TPSA) is 89.0 Å². The molecule has 0 fully saturated rings. The predicted molar refractivity (Wildman–Crippen MR) is 106 cm³/mol. The number of nitrogens with one attached hydrogen (secondary N) is 2. The number of methoxy groups -OCH3 is 1. The van der Waals surface area contributed by atoms with Crippen molar-refractivity contribution in [2.24, 2.45) is 4.99 Å². The fourth-order valence-electron chi connectivity index (χ4n) is 2.05. The minimum Gasteiger partial charge on any atom is -0.493 e. The third-order valence-electron chi connectivity index (χ3n) is 3.77. The van der Waals surface area contributed by atoms with Gasteiger partial charge in [-0.15, -0.1) is 0 Å². The van der Waals surface area contributed by atoms with Crippen LogP contribution in [0.25, 0.3) is 0 Å². The summed E-state index contributed by atoms with van der Waals surface area (Å²) in [5.41, 5.74) is 0. The summed E-state index contributed by atoms with van der Waals surface area (Å²) in [5, 5.41) is 6.15. The molecule has 0 bridgehead atoms. The minimum atomic E-state index is -3.17. The van der Waals surface area contributed by atoms with Crippen molar-refractivity contribution in [3.8, 4) is 11.5 Å². The second-order valence-electron chi connectivity index (χ2n) is 6.89. The van der Waals surface area contributed by atoms with Crippen LogP contribution in [-0.4, -0.2) is 58.2 Å². The number of para-hydroxylation sites is 2. The van der Waals surface area contributed by atoms with Crippen LogP contribution < -0.4 is 20.1 Å². The molecule has 1 rings (SSSR count). The van der Waals surface area contributed by atoms with E-state index in [0.29, 0.717) is 30.5 Å². The molecule has 0 saturated carbocycles. The maximum absolute atomic E-state index is 12.1. The monoisotopic (exact) mass is 385 g/mol. The molecular weight excluding hydrogens is 354 g/mol. The molecule has 0 amide bonds. The molecule has 0 aliphatic rings. The molecule has 0 radical (unpaired) electrons. The molecule has 0 aliphatic carbocycles. The van der Waals surface area contributed by atoms with Crippen molar-refractivity contribution in [1.82, 2.24) is 10.6 Å². The van der Waals surface area contributed by atoms with Crippen LogP contribution >= 0.6 is 0 Å². The Morgan fingerprint density at radius 1 is 1.19 bits per heavy atom. The SMILES string of the molecule is CN=C(NCCS(=O)(=O)C(C)(C)C)NCC(C)Oc1ccccc1OC. The Labute approximate surface area is 157 Å². The lowest BCUT2D eigenvalue weighted by molar-refractivity contribution is 0.213. The number of rotatable bonds is 8. The van der Waals surface area contributed by atoms with Gasteiger partial charge in [0.25, 0.3) is 0 Å². The van der Waals surface area contributed by atoms with E-state index in [2.05, 4.69) is 15.6 Å². The standard InChI is InChI=1S/C18H31N3O4S/c1-14(25-16-10-8-7-9-15(16)24-6)13-21-17(19-5)20-11-12-26(22,23)18(2,3)4/h7-10,14H,11-13H2,1-6H3,(H2,19,20,21). The van der Waals surface area contributed by atoms with Gasteiger partial charge >= 0.3 is 0 Å². The van der Waals surface area contributed by atoms with E-state index in [1.807, 2.05) is 31.2 Å². The first-order chi connectivity index (χ1) is 12.1. The van der Waals surface area contributed by atoms with E-state index < -0.39 is 14.6 Å². The lowest BCUT2D eigenvalue weighted by Crippen LogP contribution is -2.44. The van der Waals surface area contributed by atoms with Crippen molar-refractivity contribution in [3.05, 3.63) is 24.3 Å². The third kappa shape index (κ3) is 6.74. The van der Waals surface area contributed by atoms with E-state index in [1.165, 1.54) is 0 Å². The number of guanidine groups is 1. The zero-order chi connectivity index (χ0) is 19.8. The summed E-state index contributed by atoms with van der Waals surface area (Å²) in [5.74, 6) is 1.92. The van der Waals surface area contributed by atoms with Crippen molar-refractivity contribution in [2.75, 3.05) is 33.0 Å². The fourth-order valence-corrected chi connectivity index (χ4v) is 3.03. The average Bonchev–Trinajstić information content (AvgIpc) is 2.57. The average molecular weight is 386 g/mol. The molecule has 7 nitrogen and oxygen atoms in total. The maximum atomic E-state index is 12.1. The maximum Gasteiger partial charge on any atom is 0.191 e. The Morgan fingerprint density at radius 2 is 1.81 bits per heavy atom. The van der Waals surface area contributed by atoms with Gasteiger partial charge in [-0.05, 0) is 39.8 Å². The van der Waals surface area contributed by atoms with Crippen LogP contribution in [0, 0.1) is 0 Å². The lowest BCUT2D eigenvalue weighted by Gasteiger charge is -2.21. The number of ether oxygens (including phenoxy) is 2. The molecule has 1 aromatic carbocycles. The van der Waals surface area contributed by atoms with Gasteiger partial charge in [0, 0.05) is 13.6 Å². The lowest BCUT2D eigenvalue weighted by atomic mass is 10.3. The smallest absolute Gasteiger partial charge is 0.191 e. The summed E-state index contributed by atoms with van der Waals surface area (Å²) in [6.07, 6.45) is -0.136. The molecule has 8 heteroatoms. The normalized spacial score (nSPS) is 13.8.